The maximum atomic E-state index is 12.1. The predicted molar refractivity (Wildman–Crippen MR) is 91.2 cm³/mol. The Kier molecular flexibility index (Phi) is 6.99. The Morgan fingerprint density at radius 1 is 1.48 bits per heavy atom. The molecule has 0 bridgehead atoms. The lowest BCUT2D eigenvalue weighted by molar-refractivity contribution is 0.0929. The third-order valence-corrected chi connectivity index (χ3v) is 4.35. The second-order valence-electron chi connectivity index (χ2n) is 6.79. The van der Waals surface area contributed by atoms with Crippen molar-refractivity contribution in [3.63, 3.8) is 0 Å². The number of pyridine rings is 1. The lowest BCUT2D eigenvalue weighted by Gasteiger charge is -2.37. The van der Waals surface area contributed by atoms with Crippen LogP contribution in [-0.4, -0.2) is 46.6 Å². The number of carbonyl (C=O) groups is 1. The van der Waals surface area contributed by atoms with E-state index in [1.807, 2.05) is 0 Å². The van der Waals surface area contributed by atoms with Gasteiger partial charge in [-0.05, 0) is 49.4 Å². The molecule has 5 heteroatoms. The average Bonchev–Trinajstić information content (AvgIpc) is 2.56. The molecule has 2 rings (SSSR count). The molecule has 23 heavy (non-hydrogen) atoms. The van der Waals surface area contributed by atoms with Crippen LogP contribution in [0.2, 0.25) is 0 Å². The van der Waals surface area contributed by atoms with Gasteiger partial charge >= 0.3 is 0 Å². The number of hydrogen-bond donors (Lipinski definition) is 2. The van der Waals surface area contributed by atoms with Gasteiger partial charge in [-0.2, -0.15) is 0 Å². The standard InChI is InChI=1S/C18H29N3O2/c1-14(2)12-21-10-4-3-5-16(21)7-9-20-18(23)17-11-15(13-22)6-8-19-17/h6,8,11,14,16,22H,3-5,7,9-10,12-13H2,1-2H3,(H,20,23). The summed E-state index contributed by atoms with van der Waals surface area (Å²) >= 11 is 0. The Balaban J connectivity index is 1.81. The fraction of sp³-hybridized carbons (Fsp3) is 0.667. The van der Waals surface area contributed by atoms with Crippen LogP contribution in [0.5, 0.6) is 0 Å². The van der Waals surface area contributed by atoms with Gasteiger partial charge in [-0.1, -0.05) is 20.3 Å². The largest absolute Gasteiger partial charge is 0.392 e. The lowest BCUT2D eigenvalue weighted by Crippen LogP contribution is -2.43. The van der Waals surface area contributed by atoms with Crippen molar-refractivity contribution in [1.29, 1.82) is 0 Å². The van der Waals surface area contributed by atoms with E-state index in [0.717, 1.165) is 13.0 Å². The van der Waals surface area contributed by atoms with E-state index in [4.69, 9.17) is 5.11 Å². The van der Waals surface area contributed by atoms with Crippen LogP contribution < -0.4 is 5.32 Å². The first kappa shape index (κ1) is 17.9. The summed E-state index contributed by atoms with van der Waals surface area (Å²) in [7, 11) is 0. The first-order valence-electron chi connectivity index (χ1n) is 8.68. The van der Waals surface area contributed by atoms with Crippen molar-refractivity contribution < 1.29 is 9.90 Å². The van der Waals surface area contributed by atoms with Gasteiger partial charge in [0, 0.05) is 25.3 Å². The number of likely N-dealkylation sites (tertiary alicyclic amines) is 1. The number of rotatable bonds is 7. The Morgan fingerprint density at radius 3 is 3.04 bits per heavy atom. The van der Waals surface area contributed by atoms with Crippen LogP contribution in [0.1, 0.15) is 55.6 Å². The van der Waals surface area contributed by atoms with E-state index in [1.54, 1.807) is 18.3 Å². The summed E-state index contributed by atoms with van der Waals surface area (Å²) in [4.78, 5) is 18.8. The molecule has 128 valence electrons. The normalized spacial score (nSPS) is 19.0. The summed E-state index contributed by atoms with van der Waals surface area (Å²) < 4.78 is 0. The van der Waals surface area contributed by atoms with Crippen LogP contribution in [0.4, 0.5) is 0 Å². The molecule has 1 unspecified atom stereocenters. The predicted octanol–water partition coefficient (Wildman–Crippen LogP) is 2.20. The Morgan fingerprint density at radius 2 is 2.30 bits per heavy atom. The molecule has 2 N–H and O–H groups in total. The zero-order valence-electron chi connectivity index (χ0n) is 14.3. The zero-order valence-corrected chi connectivity index (χ0v) is 14.3. The number of nitrogens with zero attached hydrogens (tertiary/aromatic N) is 2. The highest BCUT2D eigenvalue weighted by Crippen LogP contribution is 2.20. The smallest absolute Gasteiger partial charge is 0.269 e. The fourth-order valence-corrected chi connectivity index (χ4v) is 3.24. The summed E-state index contributed by atoms with van der Waals surface area (Å²) in [6.07, 6.45) is 6.34. The minimum Gasteiger partial charge on any atom is -0.392 e. The van der Waals surface area contributed by atoms with Gasteiger partial charge in [-0.15, -0.1) is 0 Å². The fourth-order valence-electron chi connectivity index (χ4n) is 3.24. The van der Waals surface area contributed by atoms with Gasteiger partial charge < -0.3 is 15.3 Å². The highest BCUT2D eigenvalue weighted by molar-refractivity contribution is 5.92. The molecule has 1 aromatic heterocycles. The highest BCUT2D eigenvalue weighted by Gasteiger charge is 2.22. The number of aromatic nitrogens is 1. The maximum absolute atomic E-state index is 12.1. The second-order valence-corrected chi connectivity index (χ2v) is 6.79. The summed E-state index contributed by atoms with van der Waals surface area (Å²) in [5.41, 5.74) is 1.08. The van der Waals surface area contributed by atoms with E-state index in [0.29, 0.717) is 29.8 Å². The Hall–Kier alpha value is -1.46. The molecule has 0 aromatic carbocycles. The quantitative estimate of drug-likeness (QED) is 0.809. The van der Waals surface area contributed by atoms with E-state index in [1.165, 1.54) is 25.8 Å². The molecule has 0 saturated carbocycles. The molecule has 1 aromatic rings. The summed E-state index contributed by atoms with van der Waals surface area (Å²) in [6, 6.07) is 3.92. The lowest BCUT2D eigenvalue weighted by atomic mass is 9.98. The van der Waals surface area contributed by atoms with Crippen LogP contribution in [0.25, 0.3) is 0 Å². The minimum absolute atomic E-state index is 0.0744. The van der Waals surface area contributed by atoms with Gasteiger partial charge in [0.2, 0.25) is 0 Å². The Labute approximate surface area is 139 Å². The minimum atomic E-state index is -0.161. The summed E-state index contributed by atoms with van der Waals surface area (Å²) in [5.74, 6) is 0.516. The van der Waals surface area contributed by atoms with E-state index in [9.17, 15) is 4.79 Å². The van der Waals surface area contributed by atoms with E-state index < -0.39 is 0 Å². The molecule has 5 nitrogen and oxygen atoms in total. The molecule has 1 aliphatic rings. The van der Waals surface area contributed by atoms with Gasteiger partial charge in [0.25, 0.3) is 5.91 Å². The highest BCUT2D eigenvalue weighted by atomic mass is 16.3. The number of amides is 1. The maximum Gasteiger partial charge on any atom is 0.269 e. The molecule has 0 aliphatic carbocycles. The van der Waals surface area contributed by atoms with Crippen LogP contribution in [-0.2, 0) is 6.61 Å². The summed E-state index contributed by atoms with van der Waals surface area (Å²) in [6.45, 7) is 7.42. The molecule has 2 heterocycles. The van der Waals surface area contributed by atoms with Gasteiger partial charge in [0.15, 0.2) is 0 Å². The van der Waals surface area contributed by atoms with Crippen molar-refractivity contribution in [3.05, 3.63) is 29.6 Å². The van der Waals surface area contributed by atoms with E-state index in [2.05, 4.69) is 29.0 Å². The number of nitrogens with one attached hydrogen (secondary N) is 1. The van der Waals surface area contributed by atoms with Crippen molar-refractivity contribution in [2.45, 2.75) is 52.2 Å². The second kappa shape index (κ2) is 8.99. The molecule has 1 saturated heterocycles. The van der Waals surface area contributed by atoms with Crippen molar-refractivity contribution >= 4 is 5.91 Å². The van der Waals surface area contributed by atoms with Crippen molar-refractivity contribution in [3.8, 4) is 0 Å². The number of aliphatic hydroxyl groups excluding tert-OH is 1. The van der Waals surface area contributed by atoms with Gasteiger partial charge in [0.05, 0.1) is 6.61 Å². The molecular weight excluding hydrogens is 290 g/mol. The topological polar surface area (TPSA) is 65.5 Å². The number of aliphatic hydroxyl groups is 1. The van der Waals surface area contributed by atoms with Gasteiger partial charge in [-0.25, -0.2) is 0 Å². The molecule has 1 amide bonds. The van der Waals surface area contributed by atoms with Crippen LogP contribution in [0.3, 0.4) is 0 Å². The summed E-state index contributed by atoms with van der Waals surface area (Å²) in [5, 5.41) is 12.1. The third-order valence-electron chi connectivity index (χ3n) is 4.35. The monoisotopic (exact) mass is 319 g/mol. The molecule has 0 spiro atoms. The molecule has 1 fully saturated rings. The number of piperidine rings is 1. The molecule has 0 radical (unpaired) electrons. The van der Waals surface area contributed by atoms with Crippen molar-refractivity contribution in [2.75, 3.05) is 19.6 Å². The molecule has 1 atom stereocenters. The van der Waals surface area contributed by atoms with Crippen LogP contribution in [0, 0.1) is 5.92 Å². The average molecular weight is 319 g/mol. The van der Waals surface area contributed by atoms with E-state index >= 15 is 0 Å². The Bertz CT molecular complexity index is 505. The van der Waals surface area contributed by atoms with E-state index in [-0.39, 0.29) is 12.5 Å². The number of carbonyl (C=O) groups excluding carboxylic acids is 1. The molecule has 1 aliphatic heterocycles. The third kappa shape index (κ3) is 5.59. The van der Waals surface area contributed by atoms with Crippen LogP contribution >= 0.6 is 0 Å². The SMILES string of the molecule is CC(C)CN1CCCCC1CCNC(=O)c1cc(CO)ccn1. The number of hydrogen-bond acceptors (Lipinski definition) is 4. The zero-order chi connectivity index (χ0) is 16.7. The first-order valence-corrected chi connectivity index (χ1v) is 8.68. The molecular formula is C18H29N3O2. The van der Waals surface area contributed by atoms with Crippen molar-refractivity contribution in [1.82, 2.24) is 15.2 Å². The van der Waals surface area contributed by atoms with Crippen molar-refractivity contribution in [2.24, 2.45) is 5.92 Å². The van der Waals surface area contributed by atoms with Crippen LogP contribution in [0.15, 0.2) is 18.3 Å². The van der Waals surface area contributed by atoms with Gasteiger partial charge in [-0.3, -0.25) is 9.78 Å². The first-order chi connectivity index (χ1) is 11.1. The van der Waals surface area contributed by atoms with Gasteiger partial charge in [0.1, 0.15) is 5.69 Å².